The number of carbonyl (C=O) groups is 1. The fourth-order valence-electron chi connectivity index (χ4n) is 2.81. The van der Waals surface area contributed by atoms with E-state index < -0.39 is 6.43 Å². The molecule has 2 heterocycles. The Bertz CT molecular complexity index is 989. The van der Waals surface area contributed by atoms with Gasteiger partial charge in [-0.1, -0.05) is 12.1 Å². The molecule has 2 aromatic rings. The molecule has 0 unspecified atom stereocenters. The lowest BCUT2D eigenvalue weighted by atomic mass is 10.2. The van der Waals surface area contributed by atoms with Gasteiger partial charge < -0.3 is 20.7 Å². The molecular weight excluding hydrogens is 410 g/mol. The molecule has 1 fully saturated rings. The van der Waals surface area contributed by atoms with Crippen LogP contribution in [0.25, 0.3) is 0 Å². The second-order valence-electron chi connectivity index (χ2n) is 6.52. The molecule has 1 amide bonds. The second kappa shape index (κ2) is 9.68. The maximum Gasteiger partial charge on any atom is 0.263 e. The standard InChI is InChI=1S/C19H20F2N8O2/c20-19(21)12-1-3-13(4-2-12)29(24)15(14(23)9-22)11-31-18-6-5-16(26-27-18)28-8-7-25-17(30)10-28/h1-6,19H,7-8,10-11,23-24H2,(H,25,30)/b15-14-. The van der Waals surface area contributed by atoms with E-state index in [4.69, 9.17) is 16.3 Å². The van der Waals surface area contributed by atoms with Crippen LogP contribution in [0.2, 0.25) is 0 Å². The summed E-state index contributed by atoms with van der Waals surface area (Å²) in [5, 5.41) is 21.0. The monoisotopic (exact) mass is 430 g/mol. The highest BCUT2D eigenvalue weighted by Gasteiger charge is 2.19. The van der Waals surface area contributed by atoms with E-state index in [1.165, 1.54) is 24.3 Å². The number of aromatic nitrogens is 2. The largest absolute Gasteiger partial charge is 0.470 e. The highest BCUT2D eigenvalue weighted by Crippen LogP contribution is 2.24. The Morgan fingerprint density at radius 1 is 1.29 bits per heavy atom. The molecule has 1 saturated heterocycles. The van der Waals surface area contributed by atoms with Gasteiger partial charge in [0.05, 0.1) is 12.2 Å². The molecule has 31 heavy (non-hydrogen) atoms. The van der Waals surface area contributed by atoms with Crippen LogP contribution in [-0.4, -0.2) is 42.3 Å². The number of rotatable bonds is 7. The fourth-order valence-corrected chi connectivity index (χ4v) is 2.81. The smallest absolute Gasteiger partial charge is 0.263 e. The molecule has 12 heteroatoms. The molecule has 0 aliphatic carbocycles. The van der Waals surface area contributed by atoms with Crippen LogP contribution in [0.1, 0.15) is 12.0 Å². The minimum atomic E-state index is -2.61. The Hall–Kier alpha value is -3.98. The molecule has 1 aromatic heterocycles. The van der Waals surface area contributed by atoms with Crippen molar-refractivity contribution in [2.45, 2.75) is 6.43 Å². The predicted molar refractivity (Wildman–Crippen MR) is 108 cm³/mol. The number of nitrogens with two attached hydrogens (primary N) is 2. The number of nitrogens with one attached hydrogen (secondary N) is 1. The summed E-state index contributed by atoms with van der Waals surface area (Å²) in [6, 6.07) is 10.2. The molecule has 10 nitrogen and oxygen atoms in total. The number of allylic oxidation sites excluding steroid dienone is 1. The normalized spacial score (nSPS) is 14.5. The predicted octanol–water partition coefficient (Wildman–Crippen LogP) is 0.803. The van der Waals surface area contributed by atoms with Gasteiger partial charge in [0.15, 0.2) is 5.82 Å². The van der Waals surface area contributed by atoms with Gasteiger partial charge in [-0.15, -0.1) is 10.2 Å². The summed E-state index contributed by atoms with van der Waals surface area (Å²) in [5.74, 6) is 6.61. The van der Waals surface area contributed by atoms with Crippen LogP contribution in [-0.2, 0) is 4.79 Å². The van der Waals surface area contributed by atoms with Gasteiger partial charge in [0, 0.05) is 24.7 Å². The zero-order valence-electron chi connectivity index (χ0n) is 16.3. The van der Waals surface area contributed by atoms with Gasteiger partial charge in [0.1, 0.15) is 24.1 Å². The third kappa shape index (κ3) is 5.34. The lowest BCUT2D eigenvalue weighted by molar-refractivity contribution is -0.120. The van der Waals surface area contributed by atoms with Crippen molar-refractivity contribution in [3.63, 3.8) is 0 Å². The molecule has 0 spiro atoms. The third-order valence-corrected chi connectivity index (χ3v) is 4.49. The van der Waals surface area contributed by atoms with E-state index in [1.54, 1.807) is 23.1 Å². The number of halogens is 2. The number of carbonyl (C=O) groups excluding carboxylic acids is 1. The highest BCUT2D eigenvalue weighted by atomic mass is 19.3. The number of amides is 1. The highest BCUT2D eigenvalue weighted by molar-refractivity contribution is 5.82. The number of piperazine rings is 1. The van der Waals surface area contributed by atoms with Crippen LogP contribution in [0, 0.1) is 11.3 Å². The van der Waals surface area contributed by atoms with Crippen LogP contribution < -0.4 is 31.5 Å². The summed E-state index contributed by atoms with van der Waals surface area (Å²) in [6.07, 6.45) is -2.61. The van der Waals surface area contributed by atoms with Gasteiger partial charge in [0.25, 0.3) is 6.43 Å². The van der Waals surface area contributed by atoms with E-state index in [0.29, 0.717) is 24.6 Å². The average Bonchev–Trinajstić information content (AvgIpc) is 2.79. The topological polar surface area (TPSA) is 146 Å². The quantitative estimate of drug-likeness (QED) is 0.330. The number of nitriles is 1. The molecule has 0 atom stereocenters. The first-order chi connectivity index (χ1) is 14.9. The van der Waals surface area contributed by atoms with Crippen LogP contribution in [0.4, 0.5) is 20.3 Å². The van der Waals surface area contributed by atoms with Crippen molar-refractivity contribution in [3.8, 4) is 11.9 Å². The van der Waals surface area contributed by atoms with E-state index in [1.807, 2.05) is 0 Å². The number of anilines is 2. The maximum absolute atomic E-state index is 12.7. The summed E-state index contributed by atoms with van der Waals surface area (Å²) in [7, 11) is 0. The van der Waals surface area contributed by atoms with Gasteiger partial charge in [-0.2, -0.15) is 5.26 Å². The van der Waals surface area contributed by atoms with Gasteiger partial charge in [-0.05, 0) is 18.2 Å². The molecular formula is C19H20F2N8O2. The van der Waals surface area contributed by atoms with Crippen LogP contribution in [0.5, 0.6) is 5.88 Å². The van der Waals surface area contributed by atoms with E-state index in [9.17, 15) is 18.8 Å². The summed E-state index contributed by atoms with van der Waals surface area (Å²) < 4.78 is 31.0. The lowest BCUT2D eigenvalue weighted by Gasteiger charge is -2.27. The maximum atomic E-state index is 12.7. The first-order valence-electron chi connectivity index (χ1n) is 9.19. The number of hydrogen-bond donors (Lipinski definition) is 3. The van der Waals surface area contributed by atoms with Crippen molar-refractivity contribution in [3.05, 3.63) is 53.4 Å². The first-order valence-corrected chi connectivity index (χ1v) is 9.19. The van der Waals surface area contributed by atoms with Gasteiger partial charge >= 0.3 is 0 Å². The first kappa shape index (κ1) is 21.7. The number of alkyl halides is 2. The Balaban J connectivity index is 1.69. The van der Waals surface area contributed by atoms with E-state index in [2.05, 4.69) is 15.5 Å². The van der Waals surface area contributed by atoms with Crippen LogP contribution in [0.15, 0.2) is 47.8 Å². The average molecular weight is 430 g/mol. The molecule has 3 rings (SSSR count). The Morgan fingerprint density at radius 3 is 2.61 bits per heavy atom. The number of hydrazine groups is 1. The minimum Gasteiger partial charge on any atom is -0.470 e. The number of benzene rings is 1. The molecule has 0 saturated carbocycles. The van der Waals surface area contributed by atoms with Crippen molar-refractivity contribution in [1.82, 2.24) is 15.5 Å². The molecule has 1 aliphatic heterocycles. The zero-order valence-corrected chi connectivity index (χ0v) is 16.3. The Kier molecular flexibility index (Phi) is 6.78. The minimum absolute atomic E-state index is 0.0975. The molecule has 1 aromatic carbocycles. The summed E-state index contributed by atoms with van der Waals surface area (Å²) in [6.45, 7) is 1.10. The van der Waals surface area contributed by atoms with E-state index in [0.717, 1.165) is 5.01 Å². The summed E-state index contributed by atoms with van der Waals surface area (Å²) in [5.41, 5.74) is 5.84. The van der Waals surface area contributed by atoms with Gasteiger partial charge in [0.2, 0.25) is 11.8 Å². The third-order valence-electron chi connectivity index (χ3n) is 4.49. The number of hydrogen-bond acceptors (Lipinski definition) is 9. The molecule has 5 N–H and O–H groups in total. The van der Waals surface area contributed by atoms with Gasteiger partial charge in [-0.25, -0.2) is 14.6 Å². The SMILES string of the molecule is N#C/C(N)=C(\COc1ccc(N2CCNC(=O)C2)nn1)N(N)c1ccc(C(F)F)cc1. The zero-order chi connectivity index (χ0) is 22.4. The Labute approximate surface area is 176 Å². The Morgan fingerprint density at radius 2 is 2.03 bits per heavy atom. The van der Waals surface area contributed by atoms with Crippen molar-refractivity contribution in [2.24, 2.45) is 11.6 Å². The van der Waals surface area contributed by atoms with Crippen molar-refractivity contribution >= 4 is 17.4 Å². The number of ether oxygens (including phenoxy) is 1. The molecule has 1 aliphatic rings. The van der Waals surface area contributed by atoms with Crippen LogP contribution in [0.3, 0.4) is 0 Å². The lowest BCUT2D eigenvalue weighted by Crippen LogP contribution is -2.48. The van der Waals surface area contributed by atoms with Crippen molar-refractivity contribution in [1.29, 1.82) is 5.26 Å². The molecule has 0 radical (unpaired) electrons. The van der Waals surface area contributed by atoms with E-state index in [-0.39, 0.29) is 41.9 Å². The second-order valence-corrected chi connectivity index (χ2v) is 6.52. The molecule has 162 valence electrons. The summed E-state index contributed by atoms with van der Waals surface area (Å²) >= 11 is 0. The molecule has 0 bridgehead atoms. The van der Waals surface area contributed by atoms with Crippen molar-refractivity contribution in [2.75, 3.05) is 36.1 Å². The number of nitrogens with zero attached hydrogens (tertiary/aromatic N) is 5. The summed E-state index contributed by atoms with van der Waals surface area (Å²) in [4.78, 5) is 13.3. The van der Waals surface area contributed by atoms with Gasteiger partial charge in [-0.3, -0.25) is 9.80 Å². The van der Waals surface area contributed by atoms with E-state index >= 15 is 0 Å². The fraction of sp³-hybridized carbons (Fsp3) is 0.263. The van der Waals surface area contributed by atoms with Crippen molar-refractivity contribution < 1.29 is 18.3 Å². The van der Waals surface area contributed by atoms with Crippen LogP contribution >= 0.6 is 0 Å².